The number of halogens is 1. The van der Waals surface area contributed by atoms with Gasteiger partial charge in [-0.15, -0.1) is 0 Å². The van der Waals surface area contributed by atoms with E-state index in [0.717, 1.165) is 5.75 Å². The monoisotopic (exact) mass is 415 g/mol. The Balaban J connectivity index is 1.93. The van der Waals surface area contributed by atoms with Crippen LogP contribution in [0.5, 0.6) is 0 Å². The summed E-state index contributed by atoms with van der Waals surface area (Å²) in [5.41, 5.74) is 0.0773. The first-order valence-corrected chi connectivity index (χ1v) is 11.3. The maximum absolute atomic E-state index is 13.2. The lowest BCUT2D eigenvalue weighted by Gasteiger charge is -2.27. The fraction of sp³-hybridized carbons (Fsp3) is 0.438. The largest absolute Gasteiger partial charge is 0.467 e. The van der Waals surface area contributed by atoms with E-state index in [-0.39, 0.29) is 28.8 Å². The van der Waals surface area contributed by atoms with Crippen LogP contribution in [0.25, 0.3) is 0 Å². The second kappa shape index (κ2) is 7.98. The van der Waals surface area contributed by atoms with Gasteiger partial charge in [-0.3, -0.25) is 4.79 Å². The van der Waals surface area contributed by atoms with E-state index in [1.807, 2.05) is 6.92 Å². The van der Waals surface area contributed by atoms with Crippen LogP contribution in [0.1, 0.15) is 29.6 Å². The smallest absolute Gasteiger partial charge is 0.274 e. The fourth-order valence-electron chi connectivity index (χ4n) is 2.79. The summed E-state index contributed by atoms with van der Waals surface area (Å²) in [6.45, 7) is 2.11. The number of sulfone groups is 1. The van der Waals surface area contributed by atoms with Crippen LogP contribution >= 0.6 is 23.4 Å². The minimum Gasteiger partial charge on any atom is -0.467 e. The van der Waals surface area contributed by atoms with E-state index in [0.29, 0.717) is 17.3 Å². The molecule has 0 N–H and O–H groups in total. The van der Waals surface area contributed by atoms with Crippen LogP contribution in [-0.4, -0.2) is 52.5 Å². The third-order valence-electron chi connectivity index (χ3n) is 4.01. The molecular weight excluding hydrogens is 398 g/mol. The van der Waals surface area contributed by atoms with Crippen molar-refractivity contribution >= 4 is 39.1 Å². The van der Waals surface area contributed by atoms with E-state index in [9.17, 15) is 13.2 Å². The minimum absolute atomic E-state index is 0.0635. The predicted molar refractivity (Wildman–Crippen MR) is 99.1 cm³/mol. The Hall–Kier alpha value is -1.58. The highest BCUT2D eigenvalue weighted by molar-refractivity contribution is 7.99. The quantitative estimate of drug-likeness (QED) is 0.528. The number of rotatable bonds is 6. The Morgan fingerprint density at radius 2 is 2.31 bits per heavy atom. The maximum Gasteiger partial charge on any atom is 0.274 e. The molecule has 2 aromatic rings. The highest BCUT2D eigenvalue weighted by Crippen LogP contribution is 2.25. The zero-order chi connectivity index (χ0) is 18.7. The lowest BCUT2D eigenvalue weighted by molar-refractivity contribution is 0.0659. The molecule has 7 nitrogen and oxygen atoms in total. The number of hydrogen-bond acceptors (Lipinski definition) is 7. The van der Waals surface area contributed by atoms with Crippen LogP contribution in [0.2, 0.25) is 5.02 Å². The molecule has 1 aliphatic heterocycles. The Morgan fingerprint density at radius 3 is 2.92 bits per heavy atom. The average molecular weight is 416 g/mol. The number of nitrogens with zero attached hydrogens (tertiary/aromatic N) is 3. The molecule has 10 heteroatoms. The van der Waals surface area contributed by atoms with Crippen molar-refractivity contribution in [1.82, 2.24) is 14.9 Å². The first-order chi connectivity index (χ1) is 12.4. The van der Waals surface area contributed by atoms with Crippen molar-refractivity contribution in [2.45, 2.75) is 31.1 Å². The molecule has 0 radical (unpaired) electrons. The molecule has 0 bridgehead atoms. The Bertz CT molecular complexity index is 887. The molecule has 1 amide bonds. The molecule has 0 saturated carbocycles. The van der Waals surface area contributed by atoms with Gasteiger partial charge in [0.25, 0.3) is 5.91 Å². The summed E-state index contributed by atoms with van der Waals surface area (Å²) in [6, 6.07) is 3.02. The van der Waals surface area contributed by atoms with Crippen LogP contribution in [0, 0.1) is 0 Å². The van der Waals surface area contributed by atoms with Gasteiger partial charge in [0.05, 0.1) is 35.5 Å². The summed E-state index contributed by atoms with van der Waals surface area (Å²) in [5, 5.41) is 0.595. The number of thioether (sulfide) groups is 1. The second-order valence-corrected chi connectivity index (χ2v) is 9.72. The van der Waals surface area contributed by atoms with Crippen LogP contribution < -0.4 is 0 Å². The van der Waals surface area contributed by atoms with Crippen LogP contribution in [0.15, 0.2) is 34.2 Å². The summed E-state index contributed by atoms with van der Waals surface area (Å²) >= 11 is 7.56. The summed E-state index contributed by atoms with van der Waals surface area (Å²) < 4.78 is 29.1. The topological polar surface area (TPSA) is 93.4 Å². The van der Waals surface area contributed by atoms with Gasteiger partial charge < -0.3 is 9.32 Å². The van der Waals surface area contributed by atoms with Gasteiger partial charge in [0, 0.05) is 6.04 Å². The van der Waals surface area contributed by atoms with Crippen molar-refractivity contribution in [3.63, 3.8) is 0 Å². The van der Waals surface area contributed by atoms with Gasteiger partial charge in [0.1, 0.15) is 5.76 Å². The Kier molecular flexibility index (Phi) is 5.89. The Labute approximate surface area is 161 Å². The lowest BCUT2D eigenvalue weighted by atomic mass is 10.2. The molecular formula is C16H18ClN3O4S2. The molecule has 26 heavy (non-hydrogen) atoms. The molecule has 3 rings (SSSR count). The van der Waals surface area contributed by atoms with Gasteiger partial charge in [-0.25, -0.2) is 18.4 Å². The van der Waals surface area contributed by atoms with Crippen molar-refractivity contribution in [3.8, 4) is 0 Å². The van der Waals surface area contributed by atoms with Crippen molar-refractivity contribution in [3.05, 3.63) is 41.1 Å². The molecule has 0 aliphatic carbocycles. The van der Waals surface area contributed by atoms with Crippen molar-refractivity contribution in [2.24, 2.45) is 0 Å². The SMILES string of the molecule is CCSc1ncc(Cl)c(C(=O)N(Cc2ccco2)C2CCS(=O)(=O)C2)n1. The first-order valence-electron chi connectivity index (χ1n) is 8.08. The van der Waals surface area contributed by atoms with Gasteiger partial charge in [-0.05, 0) is 24.3 Å². The standard InChI is InChI=1S/C16H18ClN3O4S2/c1-2-25-16-18-8-13(17)14(19-16)15(21)20(9-12-4-3-6-24-12)11-5-7-26(22,23)10-11/h3-4,6,8,11H,2,5,7,9-10H2,1H3. The van der Waals surface area contributed by atoms with Gasteiger partial charge in [0.2, 0.25) is 0 Å². The van der Waals surface area contributed by atoms with Crippen LogP contribution in [0.4, 0.5) is 0 Å². The normalized spacial score (nSPS) is 18.8. The molecule has 0 aromatic carbocycles. The molecule has 1 fully saturated rings. The number of hydrogen-bond donors (Lipinski definition) is 0. The summed E-state index contributed by atoms with van der Waals surface area (Å²) in [7, 11) is -3.16. The van der Waals surface area contributed by atoms with E-state index in [1.54, 1.807) is 12.1 Å². The van der Waals surface area contributed by atoms with E-state index in [2.05, 4.69) is 9.97 Å². The summed E-state index contributed by atoms with van der Waals surface area (Å²) in [4.78, 5) is 23.0. The highest BCUT2D eigenvalue weighted by Gasteiger charge is 2.36. The van der Waals surface area contributed by atoms with Crippen LogP contribution in [-0.2, 0) is 16.4 Å². The molecule has 1 saturated heterocycles. The van der Waals surface area contributed by atoms with Crippen molar-refractivity contribution in [2.75, 3.05) is 17.3 Å². The van der Waals surface area contributed by atoms with Crippen molar-refractivity contribution < 1.29 is 17.6 Å². The van der Waals surface area contributed by atoms with Crippen LogP contribution in [0.3, 0.4) is 0 Å². The maximum atomic E-state index is 13.2. The zero-order valence-corrected chi connectivity index (χ0v) is 16.5. The van der Waals surface area contributed by atoms with E-state index < -0.39 is 21.8 Å². The number of carbonyl (C=O) groups is 1. The number of amides is 1. The zero-order valence-electron chi connectivity index (χ0n) is 14.1. The van der Waals surface area contributed by atoms with E-state index in [1.165, 1.54) is 29.1 Å². The summed E-state index contributed by atoms with van der Waals surface area (Å²) in [5.74, 6) is 0.892. The van der Waals surface area contributed by atoms with E-state index in [4.69, 9.17) is 16.0 Å². The van der Waals surface area contributed by atoms with E-state index >= 15 is 0 Å². The number of aromatic nitrogens is 2. The first kappa shape index (κ1) is 19.2. The third-order valence-corrected chi connectivity index (χ3v) is 6.78. The number of carbonyl (C=O) groups excluding carboxylic acids is 1. The molecule has 140 valence electrons. The molecule has 1 aliphatic rings. The van der Waals surface area contributed by atoms with Gasteiger partial charge in [-0.1, -0.05) is 30.3 Å². The minimum atomic E-state index is -3.16. The second-order valence-electron chi connectivity index (χ2n) is 5.85. The molecule has 1 atom stereocenters. The lowest BCUT2D eigenvalue weighted by Crippen LogP contribution is -2.41. The average Bonchev–Trinajstić information content (AvgIpc) is 3.23. The fourth-order valence-corrected chi connectivity index (χ4v) is 5.24. The van der Waals surface area contributed by atoms with Gasteiger partial charge in [-0.2, -0.15) is 0 Å². The van der Waals surface area contributed by atoms with Gasteiger partial charge >= 0.3 is 0 Å². The molecule has 3 heterocycles. The molecule has 1 unspecified atom stereocenters. The predicted octanol–water partition coefficient (Wildman–Crippen LogP) is 2.66. The third kappa shape index (κ3) is 4.39. The number of furan rings is 1. The molecule has 0 spiro atoms. The Morgan fingerprint density at radius 1 is 1.50 bits per heavy atom. The highest BCUT2D eigenvalue weighted by atomic mass is 35.5. The summed E-state index contributed by atoms with van der Waals surface area (Å²) in [6.07, 6.45) is 3.29. The molecule has 2 aromatic heterocycles. The van der Waals surface area contributed by atoms with Gasteiger partial charge in [0.15, 0.2) is 20.7 Å². The van der Waals surface area contributed by atoms with Crippen molar-refractivity contribution in [1.29, 1.82) is 0 Å².